The fourth-order valence-corrected chi connectivity index (χ4v) is 3.25. The SMILES string of the molecule is CCNC(=NCC(=O)Nc1ccc(O)cc1)N(C)Cc1ccc(Cl)s1.I. The van der Waals surface area contributed by atoms with Gasteiger partial charge >= 0.3 is 0 Å². The Morgan fingerprint density at radius 2 is 1.96 bits per heavy atom. The van der Waals surface area contributed by atoms with Gasteiger partial charge in [-0.15, -0.1) is 35.3 Å². The molecule has 2 aromatic rings. The number of benzene rings is 1. The first-order chi connectivity index (χ1) is 12.0. The van der Waals surface area contributed by atoms with Crippen LogP contribution in [0, 0.1) is 0 Å². The highest BCUT2D eigenvalue weighted by Crippen LogP contribution is 2.22. The van der Waals surface area contributed by atoms with E-state index in [1.165, 1.54) is 23.5 Å². The highest BCUT2D eigenvalue weighted by Gasteiger charge is 2.09. The number of phenols is 1. The molecule has 0 saturated carbocycles. The largest absolute Gasteiger partial charge is 0.508 e. The number of nitrogens with zero attached hydrogens (tertiary/aromatic N) is 2. The van der Waals surface area contributed by atoms with E-state index in [1.54, 1.807) is 12.1 Å². The number of carbonyl (C=O) groups is 1. The van der Waals surface area contributed by atoms with Crippen molar-refractivity contribution >= 4 is 64.5 Å². The predicted octanol–water partition coefficient (Wildman–Crippen LogP) is 3.76. The molecule has 3 N–H and O–H groups in total. The molecule has 0 spiro atoms. The Labute approximate surface area is 179 Å². The van der Waals surface area contributed by atoms with E-state index in [4.69, 9.17) is 11.6 Å². The molecule has 0 radical (unpaired) electrons. The van der Waals surface area contributed by atoms with Gasteiger partial charge in [-0.3, -0.25) is 4.79 Å². The molecule has 26 heavy (non-hydrogen) atoms. The lowest BCUT2D eigenvalue weighted by atomic mass is 10.3. The van der Waals surface area contributed by atoms with Crippen LogP contribution in [0.25, 0.3) is 0 Å². The summed E-state index contributed by atoms with van der Waals surface area (Å²) in [5.74, 6) is 0.572. The van der Waals surface area contributed by atoms with Gasteiger partial charge in [0.05, 0.1) is 10.9 Å². The summed E-state index contributed by atoms with van der Waals surface area (Å²) in [6, 6.07) is 10.1. The van der Waals surface area contributed by atoms with Gasteiger partial charge in [-0.2, -0.15) is 0 Å². The Bertz CT molecular complexity index is 737. The number of hydrogen-bond donors (Lipinski definition) is 3. The van der Waals surface area contributed by atoms with Gasteiger partial charge in [0.15, 0.2) is 5.96 Å². The molecular formula is C17H22ClIN4O2S. The summed E-state index contributed by atoms with van der Waals surface area (Å²) in [4.78, 5) is 19.5. The summed E-state index contributed by atoms with van der Waals surface area (Å²) < 4.78 is 0.749. The van der Waals surface area contributed by atoms with Gasteiger partial charge in [0.25, 0.3) is 0 Å². The van der Waals surface area contributed by atoms with Crippen LogP contribution < -0.4 is 10.6 Å². The van der Waals surface area contributed by atoms with E-state index < -0.39 is 0 Å². The van der Waals surface area contributed by atoms with Gasteiger partial charge in [0, 0.05) is 24.2 Å². The van der Waals surface area contributed by atoms with Crippen LogP contribution >= 0.6 is 46.9 Å². The molecule has 1 amide bonds. The van der Waals surface area contributed by atoms with Crippen molar-refractivity contribution in [2.45, 2.75) is 13.5 Å². The quantitative estimate of drug-likeness (QED) is 0.240. The Morgan fingerprint density at radius 1 is 1.27 bits per heavy atom. The van der Waals surface area contributed by atoms with Crippen molar-refractivity contribution in [3.63, 3.8) is 0 Å². The lowest BCUT2D eigenvalue weighted by molar-refractivity contribution is -0.114. The molecule has 0 saturated heterocycles. The molecule has 0 aliphatic carbocycles. The van der Waals surface area contributed by atoms with Gasteiger partial charge in [-0.25, -0.2) is 4.99 Å². The van der Waals surface area contributed by atoms with Crippen molar-refractivity contribution in [1.82, 2.24) is 10.2 Å². The molecule has 0 aliphatic heterocycles. The van der Waals surface area contributed by atoms with Gasteiger partial charge in [0.2, 0.25) is 5.91 Å². The summed E-state index contributed by atoms with van der Waals surface area (Å²) >= 11 is 7.48. The van der Waals surface area contributed by atoms with E-state index in [1.807, 2.05) is 31.0 Å². The third-order valence-corrected chi connectivity index (χ3v) is 4.46. The van der Waals surface area contributed by atoms with Crippen LogP contribution in [0.3, 0.4) is 0 Å². The Hall–Kier alpha value is -1.52. The molecule has 0 atom stereocenters. The molecule has 2 rings (SSSR count). The van der Waals surface area contributed by atoms with Crippen LogP contribution in [0.1, 0.15) is 11.8 Å². The van der Waals surface area contributed by atoms with E-state index >= 15 is 0 Å². The molecule has 6 nitrogen and oxygen atoms in total. The molecule has 0 unspecified atom stereocenters. The number of hydrogen-bond acceptors (Lipinski definition) is 4. The molecular weight excluding hydrogens is 487 g/mol. The number of rotatable bonds is 6. The highest BCUT2D eigenvalue weighted by atomic mass is 127. The van der Waals surface area contributed by atoms with Crippen molar-refractivity contribution in [3.8, 4) is 5.75 Å². The molecule has 1 aromatic heterocycles. The zero-order valence-electron chi connectivity index (χ0n) is 14.5. The minimum atomic E-state index is -0.228. The zero-order valence-corrected chi connectivity index (χ0v) is 18.4. The minimum absolute atomic E-state index is 0. The fourth-order valence-electron chi connectivity index (χ4n) is 2.11. The van der Waals surface area contributed by atoms with Crippen molar-refractivity contribution in [2.75, 3.05) is 25.5 Å². The summed E-state index contributed by atoms with van der Waals surface area (Å²) in [5, 5.41) is 15.2. The van der Waals surface area contributed by atoms with Gasteiger partial charge < -0.3 is 20.6 Å². The first-order valence-corrected chi connectivity index (χ1v) is 9.00. The monoisotopic (exact) mass is 508 g/mol. The van der Waals surface area contributed by atoms with Crippen LogP contribution in [0.15, 0.2) is 41.4 Å². The van der Waals surface area contributed by atoms with Gasteiger partial charge in [-0.05, 0) is 43.3 Å². The number of aliphatic imine (C=N–C) groups is 1. The Balaban J connectivity index is 0.00000338. The van der Waals surface area contributed by atoms with Crippen LogP contribution in [0.5, 0.6) is 5.75 Å². The fraction of sp³-hybridized carbons (Fsp3) is 0.294. The first kappa shape index (κ1) is 22.5. The lowest BCUT2D eigenvalue weighted by Crippen LogP contribution is -2.39. The minimum Gasteiger partial charge on any atom is -0.508 e. The molecule has 0 aliphatic rings. The van der Waals surface area contributed by atoms with Crippen LogP contribution in [-0.4, -0.2) is 42.0 Å². The average molecular weight is 509 g/mol. The Kier molecular flexibility index (Phi) is 9.74. The summed E-state index contributed by atoms with van der Waals surface area (Å²) in [7, 11) is 1.91. The molecule has 0 fully saturated rings. The third kappa shape index (κ3) is 7.38. The van der Waals surface area contributed by atoms with Crippen LogP contribution in [0.2, 0.25) is 4.34 Å². The topological polar surface area (TPSA) is 77.0 Å². The van der Waals surface area contributed by atoms with E-state index in [0.29, 0.717) is 24.7 Å². The molecule has 142 valence electrons. The summed E-state index contributed by atoms with van der Waals surface area (Å²) in [6.45, 7) is 3.33. The van der Waals surface area contributed by atoms with Gasteiger partial charge in [-0.1, -0.05) is 11.6 Å². The maximum Gasteiger partial charge on any atom is 0.246 e. The van der Waals surface area contributed by atoms with Crippen molar-refractivity contribution in [3.05, 3.63) is 45.6 Å². The molecule has 9 heteroatoms. The van der Waals surface area contributed by atoms with E-state index in [2.05, 4.69) is 15.6 Å². The standard InChI is InChI=1S/C17H21ClN4O2S.HI/c1-3-19-17(22(2)11-14-8-9-15(18)25-14)20-10-16(24)21-12-4-6-13(23)7-5-12;/h4-9,23H,3,10-11H2,1-2H3,(H,19,20)(H,21,24);1H. The van der Waals surface area contributed by atoms with Crippen LogP contribution in [0.4, 0.5) is 5.69 Å². The molecule has 1 aromatic carbocycles. The summed E-state index contributed by atoms with van der Waals surface area (Å²) in [5.41, 5.74) is 0.615. The number of phenolic OH excluding ortho intramolecular Hbond substituents is 1. The summed E-state index contributed by atoms with van der Waals surface area (Å²) in [6.07, 6.45) is 0. The zero-order chi connectivity index (χ0) is 18.2. The smallest absolute Gasteiger partial charge is 0.246 e. The Morgan fingerprint density at radius 3 is 2.54 bits per heavy atom. The van der Waals surface area contributed by atoms with E-state index in [-0.39, 0.29) is 42.2 Å². The first-order valence-electron chi connectivity index (χ1n) is 7.80. The number of amides is 1. The second-order valence-corrected chi connectivity index (χ2v) is 7.13. The second kappa shape index (κ2) is 11.2. The predicted molar refractivity (Wildman–Crippen MR) is 119 cm³/mol. The number of thiophene rings is 1. The van der Waals surface area contributed by atoms with Crippen molar-refractivity contribution in [1.29, 1.82) is 0 Å². The van der Waals surface area contributed by atoms with Crippen LogP contribution in [-0.2, 0) is 11.3 Å². The number of halogens is 2. The van der Waals surface area contributed by atoms with Crippen molar-refractivity contribution in [2.24, 2.45) is 4.99 Å². The molecule has 1 heterocycles. The van der Waals surface area contributed by atoms with E-state index in [9.17, 15) is 9.90 Å². The normalized spacial score (nSPS) is 10.8. The number of guanidine groups is 1. The van der Waals surface area contributed by atoms with E-state index in [0.717, 1.165) is 9.21 Å². The number of carbonyl (C=O) groups excluding carboxylic acids is 1. The average Bonchev–Trinajstić information content (AvgIpc) is 2.98. The molecule has 0 bridgehead atoms. The number of anilines is 1. The second-order valence-electron chi connectivity index (χ2n) is 5.33. The highest BCUT2D eigenvalue weighted by molar-refractivity contribution is 14.0. The number of aromatic hydroxyl groups is 1. The maximum atomic E-state index is 12.0. The number of nitrogens with one attached hydrogen (secondary N) is 2. The van der Waals surface area contributed by atoms with Gasteiger partial charge in [0.1, 0.15) is 12.3 Å². The maximum absolute atomic E-state index is 12.0. The van der Waals surface area contributed by atoms with Crippen molar-refractivity contribution < 1.29 is 9.90 Å². The lowest BCUT2D eigenvalue weighted by Gasteiger charge is -2.21. The third-order valence-electron chi connectivity index (χ3n) is 3.24.